The molecule has 1 saturated carbocycles. The van der Waals surface area contributed by atoms with Crippen molar-refractivity contribution in [3.8, 4) is 0 Å². The molecule has 2 saturated heterocycles. The van der Waals surface area contributed by atoms with Crippen LogP contribution in [-0.4, -0.2) is 90.6 Å². The summed E-state index contributed by atoms with van der Waals surface area (Å²) in [6, 6.07) is -2.70. The quantitative estimate of drug-likeness (QED) is 0.0947. The molecule has 0 spiro atoms. The molecule has 2 aliphatic heterocycles. The van der Waals surface area contributed by atoms with Crippen LogP contribution in [0.3, 0.4) is 0 Å². The molecular formula is C27H41N4NaO9S. The summed E-state index contributed by atoms with van der Waals surface area (Å²) >= 11 is 0. The number of nitrogens with zero attached hydrogens (tertiary/aromatic N) is 1. The molecule has 4 N–H and O–H groups in total. The van der Waals surface area contributed by atoms with Crippen molar-refractivity contribution in [3.05, 3.63) is 12.2 Å². The number of likely N-dealkylation sites (tertiary alicyclic amines) is 1. The van der Waals surface area contributed by atoms with E-state index in [9.17, 15) is 37.3 Å². The minimum absolute atomic E-state index is 0. The standard InChI is InChI=1S/C27H42N4O9S.Na/c1-15(2)7-21(25(34)29-22(26(35)41(37,38)39)11-19-5-6-28-24(19)33)30-27(36)40-14-17-10-23(32)31(12-17)13-20-9-16-3-4-18(20)8-16;/h3-4,15-22,26,35H,5-14H2,1-2H3,(H,28,33)(H,29,34)(H,30,36)(H,37,38,39);/q;+1/p-1/t16?,17?,18?,19-,20?,21-,22-,26?;/m0./s1. The van der Waals surface area contributed by atoms with Crippen molar-refractivity contribution >= 4 is 33.9 Å². The van der Waals surface area contributed by atoms with E-state index in [1.54, 1.807) is 0 Å². The van der Waals surface area contributed by atoms with Crippen molar-refractivity contribution in [1.29, 1.82) is 0 Å². The summed E-state index contributed by atoms with van der Waals surface area (Å²) in [6.07, 6.45) is 6.43. The second-order valence-corrected chi connectivity index (χ2v) is 13.8. The number of ether oxygens (including phenoxy) is 1. The van der Waals surface area contributed by atoms with Crippen molar-refractivity contribution in [3.63, 3.8) is 0 Å². The maximum Gasteiger partial charge on any atom is 1.00 e. The molecule has 42 heavy (non-hydrogen) atoms. The van der Waals surface area contributed by atoms with E-state index in [4.69, 9.17) is 4.74 Å². The molecule has 2 aliphatic carbocycles. The first-order chi connectivity index (χ1) is 19.3. The van der Waals surface area contributed by atoms with E-state index < -0.39 is 45.6 Å². The zero-order valence-corrected chi connectivity index (χ0v) is 27.3. The number of carbonyl (C=O) groups excluding carboxylic acids is 4. The van der Waals surface area contributed by atoms with Gasteiger partial charge in [0.05, 0.1) is 12.6 Å². The van der Waals surface area contributed by atoms with Gasteiger partial charge in [-0.2, -0.15) is 0 Å². The number of aliphatic hydroxyl groups excluding tert-OH is 1. The molecule has 4 amide bonds. The van der Waals surface area contributed by atoms with Crippen molar-refractivity contribution in [2.24, 2.45) is 35.5 Å². The van der Waals surface area contributed by atoms with E-state index in [-0.39, 0.29) is 79.1 Å². The summed E-state index contributed by atoms with van der Waals surface area (Å²) in [5.41, 5.74) is -2.47. The van der Waals surface area contributed by atoms with Gasteiger partial charge in [0.15, 0.2) is 5.44 Å². The zero-order valence-electron chi connectivity index (χ0n) is 24.5. The number of fused-ring (bicyclic) bond motifs is 2. The number of hydrogen-bond donors (Lipinski definition) is 4. The van der Waals surface area contributed by atoms with Gasteiger partial charge in [-0.25, -0.2) is 13.2 Å². The number of nitrogens with one attached hydrogen (secondary N) is 3. The predicted molar refractivity (Wildman–Crippen MR) is 145 cm³/mol. The van der Waals surface area contributed by atoms with Gasteiger partial charge in [-0.1, -0.05) is 26.0 Å². The Morgan fingerprint density at radius 1 is 1.21 bits per heavy atom. The molecule has 4 rings (SSSR count). The van der Waals surface area contributed by atoms with Crippen molar-refractivity contribution in [2.45, 2.75) is 69.9 Å². The van der Waals surface area contributed by atoms with E-state index in [0.717, 1.165) is 12.8 Å². The van der Waals surface area contributed by atoms with E-state index in [2.05, 4.69) is 28.1 Å². The molecule has 13 nitrogen and oxygen atoms in total. The molecule has 0 aromatic carbocycles. The number of allylic oxidation sites excluding steroid dienone is 2. The normalized spacial score (nSPS) is 28.8. The monoisotopic (exact) mass is 620 g/mol. The van der Waals surface area contributed by atoms with Gasteiger partial charge < -0.3 is 35.2 Å². The average Bonchev–Trinajstić information content (AvgIpc) is 3.67. The molecule has 2 heterocycles. The first-order valence-electron chi connectivity index (χ1n) is 14.4. The molecule has 2 bridgehead atoms. The van der Waals surface area contributed by atoms with E-state index in [0.29, 0.717) is 43.8 Å². The zero-order chi connectivity index (χ0) is 29.9. The third kappa shape index (κ3) is 9.15. The van der Waals surface area contributed by atoms with Crippen LogP contribution in [0.25, 0.3) is 0 Å². The molecule has 8 atom stereocenters. The molecule has 0 radical (unpaired) electrons. The smallest absolute Gasteiger partial charge is 0.746 e. The van der Waals surface area contributed by atoms with Crippen LogP contribution in [0.5, 0.6) is 0 Å². The fourth-order valence-corrected chi connectivity index (χ4v) is 7.10. The molecule has 0 aromatic heterocycles. The van der Waals surface area contributed by atoms with E-state index in [1.165, 1.54) is 0 Å². The molecule has 5 unspecified atom stereocenters. The van der Waals surface area contributed by atoms with Gasteiger partial charge in [-0.3, -0.25) is 14.4 Å². The molecule has 4 aliphatic rings. The Morgan fingerprint density at radius 2 is 1.95 bits per heavy atom. The van der Waals surface area contributed by atoms with Gasteiger partial charge in [-0.15, -0.1) is 0 Å². The number of hydrogen-bond acceptors (Lipinski definition) is 9. The van der Waals surface area contributed by atoms with Crippen LogP contribution >= 0.6 is 0 Å². The minimum Gasteiger partial charge on any atom is -0.746 e. The van der Waals surface area contributed by atoms with Crippen LogP contribution in [0.1, 0.15) is 52.4 Å². The maximum atomic E-state index is 13.1. The molecule has 15 heteroatoms. The third-order valence-corrected chi connectivity index (χ3v) is 9.52. The van der Waals surface area contributed by atoms with Crippen LogP contribution < -0.4 is 45.5 Å². The Balaban J connectivity index is 0.00000484. The Labute approximate surface area is 269 Å². The van der Waals surface area contributed by atoms with Gasteiger partial charge in [0, 0.05) is 37.9 Å². The first-order valence-corrected chi connectivity index (χ1v) is 15.9. The molecule has 230 valence electrons. The summed E-state index contributed by atoms with van der Waals surface area (Å²) in [5.74, 6) is -0.452. The van der Waals surface area contributed by atoms with Crippen molar-refractivity contribution < 1.29 is 71.5 Å². The summed E-state index contributed by atoms with van der Waals surface area (Å²) in [4.78, 5) is 52.2. The van der Waals surface area contributed by atoms with Crippen LogP contribution in [0.2, 0.25) is 0 Å². The van der Waals surface area contributed by atoms with Gasteiger partial charge in [0.2, 0.25) is 17.7 Å². The number of aliphatic hydroxyl groups is 1. The second-order valence-electron chi connectivity index (χ2n) is 12.3. The summed E-state index contributed by atoms with van der Waals surface area (Å²) in [5, 5.41) is 17.6. The van der Waals surface area contributed by atoms with Crippen LogP contribution in [-0.2, 0) is 29.2 Å². The van der Waals surface area contributed by atoms with E-state index in [1.807, 2.05) is 18.7 Å². The third-order valence-electron chi connectivity index (χ3n) is 8.60. The average molecular weight is 621 g/mol. The van der Waals surface area contributed by atoms with Gasteiger partial charge in [0.25, 0.3) is 0 Å². The molecular weight excluding hydrogens is 579 g/mol. The summed E-state index contributed by atoms with van der Waals surface area (Å²) < 4.78 is 40.0. The predicted octanol–water partition coefficient (Wildman–Crippen LogP) is -2.93. The van der Waals surface area contributed by atoms with Gasteiger partial charge in [0.1, 0.15) is 16.2 Å². The Kier molecular flexibility index (Phi) is 12.3. The van der Waals surface area contributed by atoms with Gasteiger partial charge in [-0.05, 0) is 55.8 Å². The van der Waals surface area contributed by atoms with E-state index >= 15 is 0 Å². The number of carbonyl (C=O) groups is 4. The van der Waals surface area contributed by atoms with Crippen molar-refractivity contribution in [2.75, 3.05) is 26.2 Å². The minimum atomic E-state index is -5.20. The SMILES string of the molecule is CC(C)C[C@H](NC(=O)OCC1CC(=O)N(CC2CC3C=CC2C3)C1)C(=O)N[C@@H](C[C@@H]1CCNC1=O)C(O)S(=O)(=O)[O-].[Na+]. The molecule has 0 aromatic rings. The molecule has 3 fully saturated rings. The Morgan fingerprint density at radius 3 is 2.52 bits per heavy atom. The van der Waals surface area contributed by atoms with Crippen LogP contribution in [0.15, 0.2) is 12.2 Å². The van der Waals surface area contributed by atoms with Crippen LogP contribution in [0, 0.1) is 35.5 Å². The summed E-state index contributed by atoms with van der Waals surface area (Å²) in [6.45, 7) is 5.19. The largest absolute Gasteiger partial charge is 1.00 e. The Bertz CT molecular complexity index is 1150. The number of alkyl carbamates (subject to hydrolysis) is 1. The number of amides is 4. The fraction of sp³-hybridized carbons (Fsp3) is 0.778. The van der Waals surface area contributed by atoms with Gasteiger partial charge >= 0.3 is 35.7 Å². The fourth-order valence-electron chi connectivity index (χ4n) is 6.52. The maximum absolute atomic E-state index is 13.1. The Hall–Kier alpha value is -1.71. The first kappa shape index (κ1) is 34.8. The summed E-state index contributed by atoms with van der Waals surface area (Å²) in [7, 11) is -5.20. The van der Waals surface area contributed by atoms with Crippen LogP contribution in [0.4, 0.5) is 4.79 Å². The second kappa shape index (κ2) is 14.8. The topological polar surface area (TPSA) is 194 Å². The number of rotatable bonds is 13. The van der Waals surface area contributed by atoms with Crippen molar-refractivity contribution in [1.82, 2.24) is 20.9 Å².